The van der Waals surface area contributed by atoms with Gasteiger partial charge in [-0.15, -0.1) is 11.8 Å². The molecule has 10 amide bonds. The highest BCUT2D eigenvalue weighted by Crippen LogP contribution is 2.34. The Morgan fingerprint density at radius 3 is 1.90 bits per heavy atom. The van der Waals surface area contributed by atoms with Crippen molar-refractivity contribution >= 4 is 100 Å². The molecule has 29 nitrogen and oxygen atoms in total. The van der Waals surface area contributed by atoms with Gasteiger partial charge in [-0.05, 0) is 98.3 Å². The first-order valence-electron chi connectivity index (χ1n) is 38.7. The van der Waals surface area contributed by atoms with Gasteiger partial charge in [-0.25, -0.2) is 9.59 Å². The second-order valence-electron chi connectivity index (χ2n) is 30.2. The van der Waals surface area contributed by atoms with E-state index in [2.05, 4.69) is 31.9 Å². The Bertz CT molecular complexity index is 3340. The second-order valence-corrected chi connectivity index (χ2v) is 31.4. The number of likely N-dealkylation sites (tertiary alicyclic amines) is 1. The number of thioether (sulfide) groups is 1. The van der Waals surface area contributed by atoms with Crippen LogP contribution in [-0.4, -0.2) is 215 Å². The topological polar surface area (TPSA) is 415 Å². The van der Waals surface area contributed by atoms with E-state index in [1.54, 1.807) is 82.8 Å². The molecule has 1 heterocycles. The van der Waals surface area contributed by atoms with Crippen molar-refractivity contribution in [3.05, 3.63) is 65.7 Å². The molecule has 0 bridgehead atoms. The van der Waals surface area contributed by atoms with E-state index in [9.17, 15) is 77.3 Å². The number of anilines is 1. The van der Waals surface area contributed by atoms with Gasteiger partial charge < -0.3 is 76.8 Å². The highest BCUT2D eigenvalue weighted by atomic mass is 32.2. The van der Waals surface area contributed by atoms with Crippen LogP contribution in [-0.2, 0) is 78.4 Å². The lowest BCUT2D eigenvalue weighted by molar-refractivity contribution is -0.149. The summed E-state index contributed by atoms with van der Waals surface area (Å²) in [5.41, 5.74) is 6.89. The number of aliphatic hydroxyl groups is 1. The lowest BCUT2D eigenvalue weighted by atomic mass is 9.83. The van der Waals surface area contributed by atoms with Crippen molar-refractivity contribution in [1.82, 2.24) is 41.3 Å². The van der Waals surface area contributed by atoms with Crippen molar-refractivity contribution < 1.29 is 91.5 Å². The number of hydrogen-bond donors (Lipinski definition) is 9. The third-order valence-corrected chi connectivity index (χ3v) is 21.8. The van der Waals surface area contributed by atoms with Gasteiger partial charge in [-0.1, -0.05) is 131 Å². The Kier molecular flexibility index (Phi) is 42.8. The van der Waals surface area contributed by atoms with Gasteiger partial charge >= 0.3 is 18.1 Å². The summed E-state index contributed by atoms with van der Waals surface area (Å²) in [4.78, 5) is 190. The van der Waals surface area contributed by atoms with E-state index in [-0.39, 0.29) is 136 Å². The van der Waals surface area contributed by atoms with Gasteiger partial charge in [0.2, 0.25) is 41.4 Å². The highest BCUT2D eigenvalue weighted by molar-refractivity contribution is 8.00. The summed E-state index contributed by atoms with van der Waals surface area (Å²) in [6.45, 7) is 21.5. The van der Waals surface area contributed by atoms with Crippen LogP contribution in [0.3, 0.4) is 0 Å². The summed E-state index contributed by atoms with van der Waals surface area (Å²) in [7, 11) is 6.19. The Hall–Kier alpha value is -8.35. The first-order valence-corrected chi connectivity index (χ1v) is 39.7. The van der Waals surface area contributed by atoms with Gasteiger partial charge in [-0.2, -0.15) is 0 Å². The zero-order valence-corrected chi connectivity index (χ0v) is 68.3. The number of nitrogens with zero attached hydrogens (tertiary/aromatic N) is 3. The number of methoxy groups -OCH3 is 2. The number of ketones is 4. The number of nitrogens with two attached hydrogens (primary N) is 1. The lowest BCUT2D eigenvalue weighted by Gasteiger charge is -2.41. The molecular formula is C80H126N10O19S. The van der Waals surface area contributed by atoms with Gasteiger partial charge in [0.05, 0.1) is 67.1 Å². The van der Waals surface area contributed by atoms with E-state index in [0.717, 1.165) is 17.3 Å². The smallest absolute Gasteiger partial charge is 0.410 e. The average Bonchev–Trinajstić information content (AvgIpc) is 1.46. The number of unbranched alkanes of at least 4 members (excludes halogenated alkanes) is 2. The molecule has 2 aromatic carbocycles. The molecule has 2 aromatic rings. The molecule has 1 fully saturated rings. The molecule has 3 rings (SSSR count). The van der Waals surface area contributed by atoms with Gasteiger partial charge in [0.15, 0.2) is 11.6 Å². The number of carboxylic acids is 1. The number of amides is 10. The monoisotopic (exact) mass is 1560 g/mol. The van der Waals surface area contributed by atoms with Crippen molar-refractivity contribution in [2.75, 3.05) is 65.6 Å². The molecule has 30 heteroatoms. The van der Waals surface area contributed by atoms with Crippen LogP contribution in [0.25, 0.3) is 0 Å². The third kappa shape index (κ3) is 31.8. The number of benzene rings is 2. The maximum Gasteiger partial charge on any atom is 0.410 e. The minimum atomic E-state index is -1.26. The summed E-state index contributed by atoms with van der Waals surface area (Å²) in [6, 6.07) is 10.8. The van der Waals surface area contributed by atoms with Crippen molar-refractivity contribution in [3.8, 4) is 0 Å². The average molecular weight is 1560 g/mol. The summed E-state index contributed by atoms with van der Waals surface area (Å²) < 4.78 is 17.9. The SMILES string of the molecule is CCC(=O)NC(CSC(CC(=O)O)C(=O)NCCCCCC(=O)NC(C(=O)CC(CCCNC(N)=O)C(=O)Nc1ccc(COC(=O)N(C)C(C(=O)CC(C(=O)N(C)C([C@@H](C)CC)[C@@H](CC(=O)N2CCCC2C(OC)[C@@H](C)C(=O)C[C@H](C)[C@@H](O)c2ccccc2)OC)C(C)C)C(C)C)cc1)C(C)C)C(=O)NCC(C)=O. The number of carboxylic acid groups (broad SMARTS) is 1. The number of urea groups is 1. The number of aliphatic carboxylic acids is 1. The summed E-state index contributed by atoms with van der Waals surface area (Å²) in [6.07, 6.45) is -0.308. The number of hydrogen-bond acceptors (Lipinski definition) is 19. The van der Waals surface area contributed by atoms with Crippen LogP contribution in [0.2, 0.25) is 0 Å². The Morgan fingerprint density at radius 1 is 0.673 bits per heavy atom. The van der Waals surface area contributed by atoms with Crippen LogP contribution in [0.5, 0.6) is 0 Å². The summed E-state index contributed by atoms with van der Waals surface area (Å²) >= 11 is 0.871. The molecule has 9 unspecified atom stereocenters. The van der Waals surface area contributed by atoms with E-state index in [4.69, 9.17) is 19.9 Å². The molecule has 0 aliphatic carbocycles. The number of Topliss-reactive ketones (excluding diaryl/α,β-unsaturated/α-hetero) is 4. The maximum atomic E-state index is 14.9. The van der Waals surface area contributed by atoms with Crippen molar-refractivity contribution in [3.63, 3.8) is 0 Å². The van der Waals surface area contributed by atoms with Crippen LogP contribution in [0.4, 0.5) is 15.3 Å². The molecule has 1 saturated heterocycles. The standard InChI is InChI=1S/C80H126N10O19S/c1-17-50(9)72(64(107-15)42-68(97)90-38-26-30-60(90)74(108-16)53(12)61(92)39-51(10)73(100)55-27-21-19-22-28-55)88(13)78(104)58(47(3)4)41-63(94)71(49(7)8)89(14)80(106)109-45-54-32-34-57(35-33-54)85-75(101)56(29-25-37-83-79(81)105)40-62(93)70(48(5)6)87-67(96)31-23-20-24-36-82-77(103)65(43-69(98)99)110-46-59(86-66(95)18-2)76(102)84-44-52(11)91/h19,21-22,27-28,32-35,47-51,53,56,58-60,64-65,70-74,100H,17-18,20,23-26,29-31,36-46H2,1-16H3,(H,82,103)(H,84,102)(H,85,101)(H,86,95)(H,87,96)(H,98,99)(H3,81,83,105)/t50-,51-,53-,56?,58?,59?,60?,64+,65?,70?,71?,72?,73+,74?/m0/s1. The molecule has 1 aliphatic heterocycles. The van der Waals surface area contributed by atoms with Crippen LogP contribution >= 0.6 is 11.8 Å². The van der Waals surface area contributed by atoms with Crippen molar-refractivity contribution in [2.45, 2.75) is 240 Å². The number of carbonyl (C=O) groups excluding carboxylic acids is 13. The van der Waals surface area contributed by atoms with Crippen molar-refractivity contribution in [1.29, 1.82) is 0 Å². The first kappa shape index (κ1) is 95.9. The Balaban J connectivity index is 1.64. The quantitative estimate of drug-likeness (QED) is 0.0286. The Morgan fingerprint density at radius 2 is 1.33 bits per heavy atom. The predicted molar refractivity (Wildman–Crippen MR) is 419 cm³/mol. The molecular weight excluding hydrogens is 1440 g/mol. The van der Waals surface area contributed by atoms with E-state index in [0.29, 0.717) is 56.3 Å². The summed E-state index contributed by atoms with van der Waals surface area (Å²) in [5, 5.41) is 35.3. The van der Waals surface area contributed by atoms with Crippen LogP contribution in [0.15, 0.2) is 54.6 Å². The number of primary amides is 1. The predicted octanol–water partition coefficient (Wildman–Crippen LogP) is 7.72. The number of aliphatic hydroxyl groups excluding tert-OH is 1. The van der Waals surface area contributed by atoms with E-state index in [1.165, 1.54) is 26.0 Å². The van der Waals surface area contributed by atoms with E-state index in [1.807, 2.05) is 71.9 Å². The minimum absolute atomic E-state index is 0.0217. The fourth-order valence-electron chi connectivity index (χ4n) is 13.9. The lowest BCUT2D eigenvalue weighted by Crippen LogP contribution is -2.54. The largest absolute Gasteiger partial charge is 0.481 e. The molecule has 1 aliphatic rings. The van der Waals surface area contributed by atoms with Gasteiger partial charge in [0, 0.05) is 109 Å². The molecule has 0 aromatic heterocycles. The maximum absolute atomic E-state index is 14.9. The molecule has 10 N–H and O–H groups in total. The van der Waals surface area contributed by atoms with Gasteiger partial charge in [0.25, 0.3) is 0 Å². The molecule has 0 spiro atoms. The Labute approximate surface area is 654 Å². The number of carbonyl (C=O) groups is 14. The number of rotatable bonds is 52. The summed E-state index contributed by atoms with van der Waals surface area (Å²) in [5.74, 6) is -9.70. The van der Waals surface area contributed by atoms with Crippen LogP contribution < -0.4 is 37.6 Å². The molecule has 14 atom stereocenters. The van der Waals surface area contributed by atoms with Crippen molar-refractivity contribution in [2.24, 2.45) is 53.1 Å². The normalized spacial score (nSPS) is 16.4. The highest BCUT2D eigenvalue weighted by Gasteiger charge is 2.44. The van der Waals surface area contributed by atoms with Crippen LogP contribution in [0, 0.1) is 47.3 Å². The fraction of sp³-hybridized carbons (Fsp3) is 0.675. The number of ether oxygens (including phenoxy) is 3. The molecule has 110 heavy (non-hydrogen) atoms. The molecule has 0 radical (unpaired) electrons. The zero-order chi connectivity index (χ0) is 82.6. The van der Waals surface area contributed by atoms with Crippen LogP contribution in [0.1, 0.15) is 197 Å². The molecule has 616 valence electrons. The first-order chi connectivity index (χ1) is 51.9. The molecule has 0 saturated carbocycles. The third-order valence-electron chi connectivity index (χ3n) is 20.5. The number of nitrogens with one attached hydrogen (secondary N) is 6. The van der Waals surface area contributed by atoms with E-state index < -0.39 is 137 Å². The van der Waals surface area contributed by atoms with Gasteiger partial charge in [-0.3, -0.25) is 57.5 Å². The number of likely N-dealkylation sites (N-methyl/N-ethyl adjacent to an activating group) is 2. The fourth-order valence-corrected chi connectivity index (χ4v) is 15.1. The second kappa shape index (κ2) is 49.1. The minimum Gasteiger partial charge on any atom is -0.481 e. The zero-order valence-electron chi connectivity index (χ0n) is 67.5. The van der Waals surface area contributed by atoms with E-state index >= 15 is 0 Å². The van der Waals surface area contributed by atoms with Gasteiger partial charge in [0.1, 0.15) is 24.2 Å².